The second-order valence-electron chi connectivity index (χ2n) is 7.65. The summed E-state index contributed by atoms with van der Waals surface area (Å²) in [6, 6.07) is 11.2. The third-order valence-electron chi connectivity index (χ3n) is 5.23. The first-order valence-corrected chi connectivity index (χ1v) is 10.7. The molecule has 11 nitrogen and oxygen atoms in total. The van der Waals surface area contributed by atoms with Crippen molar-refractivity contribution in [3.05, 3.63) is 80.8 Å². The van der Waals surface area contributed by atoms with Crippen molar-refractivity contribution in [2.45, 2.75) is 26.0 Å². The van der Waals surface area contributed by atoms with Crippen molar-refractivity contribution in [2.75, 3.05) is 12.0 Å². The summed E-state index contributed by atoms with van der Waals surface area (Å²) in [5.74, 6) is 0.841. The number of aliphatic hydroxyl groups is 1. The Hall–Kier alpha value is -4.25. The number of aromatic amines is 1. The number of ether oxygens (including phenoxy) is 1. The van der Waals surface area contributed by atoms with Gasteiger partial charge in [0.15, 0.2) is 11.2 Å². The monoisotopic (exact) mass is 463 g/mol. The maximum Gasteiger partial charge on any atom is 0.329 e. The number of aliphatic hydroxyl groups excluding tert-OH is 1. The van der Waals surface area contributed by atoms with Crippen LogP contribution in [-0.2, 0) is 20.0 Å². The number of hydrogen-bond acceptors (Lipinski definition) is 8. The van der Waals surface area contributed by atoms with Gasteiger partial charge in [0.25, 0.3) is 5.56 Å². The highest BCUT2D eigenvalue weighted by Crippen LogP contribution is 2.18. The van der Waals surface area contributed by atoms with Crippen LogP contribution in [0.25, 0.3) is 11.2 Å². The number of nitrogens with zero attached hydrogens (tertiary/aromatic N) is 5. The highest BCUT2D eigenvalue weighted by Gasteiger charge is 2.20. The fraction of sp³-hybridized carbons (Fsp3) is 0.261. The molecule has 11 heteroatoms. The molecule has 0 bridgehead atoms. The largest absolute Gasteiger partial charge is 0.491 e. The number of imidazole rings is 1. The van der Waals surface area contributed by atoms with Crippen LogP contribution in [0.2, 0.25) is 0 Å². The fourth-order valence-corrected chi connectivity index (χ4v) is 3.42. The Morgan fingerprint density at radius 2 is 2.06 bits per heavy atom. The number of fused-ring (bicyclic) bond motifs is 1. The molecule has 3 N–H and O–H groups in total. The molecule has 0 spiro atoms. The number of aryl methyl sites for hydroxylation is 2. The lowest BCUT2D eigenvalue weighted by Crippen LogP contribution is -2.30. The highest BCUT2D eigenvalue weighted by atomic mass is 16.5. The summed E-state index contributed by atoms with van der Waals surface area (Å²) >= 11 is 0. The minimum atomic E-state index is -0.968. The second kappa shape index (κ2) is 10.1. The van der Waals surface area contributed by atoms with E-state index in [4.69, 9.17) is 4.74 Å². The van der Waals surface area contributed by atoms with E-state index in [1.807, 2.05) is 24.3 Å². The first-order valence-electron chi connectivity index (χ1n) is 10.7. The van der Waals surface area contributed by atoms with Gasteiger partial charge in [0.05, 0.1) is 12.8 Å². The standard InChI is InChI=1S/C23H25N7O4/c1-3-15-5-4-6-18(11-15)34-14-17(31)13-30-19-20(29(2)23(33)27-21(19)32)26-22(30)28-25-12-16-7-9-24-10-8-16/h4-12,17,31H,3,13-14H2,1-2H3,(H,26,28)(H,27,32,33). The van der Waals surface area contributed by atoms with E-state index >= 15 is 0 Å². The van der Waals surface area contributed by atoms with Crippen LogP contribution in [0.4, 0.5) is 5.95 Å². The van der Waals surface area contributed by atoms with Crippen LogP contribution in [0.15, 0.2) is 63.5 Å². The number of pyridine rings is 1. The van der Waals surface area contributed by atoms with Crippen molar-refractivity contribution in [3.63, 3.8) is 0 Å². The number of anilines is 1. The average Bonchev–Trinajstić information content (AvgIpc) is 3.20. The Labute approximate surface area is 194 Å². The molecule has 1 unspecified atom stereocenters. The van der Waals surface area contributed by atoms with Crippen LogP contribution in [0.5, 0.6) is 5.75 Å². The van der Waals surface area contributed by atoms with Crippen molar-refractivity contribution in [2.24, 2.45) is 12.1 Å². The molecule has 0 saturated heterocycles. The number of hydrogen-bond donors (Lipinski definition) is 3. The van der Waals surface area contributed by atoms with Crippen LogP contribution < -0.4 is 21.4 Å². The molecule has 0 aliphatic heterocycles. The Morgan fingerprint density at radius 3 is 2.82 bits per heavy atom. The van der Waals surface area contributed by atoms with Gasteiger partial charge in [-0.15, -0.1) is 0 Å². The zero-order chi connectivity index (χ0) is 24.1. The maximum absolute atomic E-state index is 12.6. The van der Waals surface area contributed by atoms with Crippen LogP contribution in [0.3, 0.4) is 0 Å². The first-order chi connectivity index (χ1) is 16.5. The van der Waals surface area contributed by atoms with E-state index in [-0.39, 0.29) is 30.3 Å². The third-order valence-corrected chi connectivity index (χ3v) is 5.23. The number of hydrazone groups is 1. The molecule has 1 aromatic carbocycles. The van der Waals surface area contributed by atoms with Crippen LogP contribution in [0.1, 0.15) is 18.1 Å². The second-order valence-corrected chi connectivity index (χ2v) is 7.65. The fourth-order valence-electron chi connectivity index (χ4n) is 3.42. The molecule has 0 fully saturated rings. The summed E-state index contributed by atoms with van der Waals surface area (Å²) in [5, 5.41) is 14.9. The Morgan fingerprint density at radius 1 is 1.26 bits per heavy atom. The summed E-state index contributed by atoms with van der Waals surface area (Å²) in [5.41, 5.74) is 3.83. The van der Waals surface area contributed by atoms with Crippen LogP contribution >= 0.6 is 0 Å². The SMILES string of the molecule is CCc1cccc(OCC(O)Cn2c(NN=Cc3ccncc3)nc3c2c(=O)[nH]c(=O)n3C)c1. The molecule has 4 aromatic rings. The Bertz CT molecular complexity index is 1420. The van der Waals surface area contributed by atoms with Crippen molar-refractivity contribution in [1.82, 2.24) is 24.1 Å². The van der Waals surface area contributed by atoms with Crippen molar-refractivity contribution in [3.8, 4) is 5.75 Å². The van der Waals surface area contributed by atoms with Crippen LogP contribution in [0, 0.1) is 0 Å². The van der Waals surface area contributed by atoms with Crippen molar-refractivity contribution >= 4 is 23.3 Å². The number of benzene rings is 1. The van der Waals surface area contributed by atoms with Crippen molar-refractivity contribution in [1.29, 1.82) is 0 Å². The molecule has 4 rings (SSSR count). The molecule has 0 aliphatic carbocycles. The van der Waals surface area contributed by atoms with E-state index in [1.54, 1.807) is 30.7 Å². The van der Waals surface area contributed by atoms with Gasteiger partial charge in [-0.1, -0.05) is 19.1 Å². The molecule has 0 aliphatic rings. The van der Waals surface area contributed by atoms with E-state index in [0.717, 1.165) is 17.5 Å². The van der Waals surface area contributed by atoms with Gasteiger partial charge in [0, 0.05) is 19.4 Å². The first kappa shape index (κ1) is 22.9. The van der Waals surface area contributed by atoms with Gasteiger partial charge in [-0.2, -0.15) is 10.1 Å². The topological polar surface area (TPSA) is 139 Å². The third kappa shape index (κ3) is 5.04. The number of nitrogens with one attached hydrogen (secondary N) is 2. The molecule has 0 saturated carbocycles. The molecule has 176 valence electrons. The van der Waals surface area contributed by atoms with Crippen LogP contribution in [-0.4, -0.2) is 48.1 Å². The molecule has 3 aromatic heterocycles. The molecule has 34 heavy (non-hydrogen) atoms. The van der Waals surface area contributed by atoms with Gasteiger partial charge in [-0.05, 0) is 41.8 Å². The summed E-state index contributed by atoms with van der Waals surface area (Å²) in [6.45, 7) is 2.03. The van der Waals surface area contributed by atoms with Gasteiger partial charge in [-0.3, -0.25) is 19.3 Å². The van der Waals surface area contributed by atoms with E-state index in [0.29, 0.717) is 5.75 Å². The number of H-pyrrole nitrogens is 1. The maximum atomic E-state index is 12.6. The van der Waals surface area contributed by atoms with Gasteiger partial charge in [0.2, 0.25) is 5.95 Å². The quantitative estimate of drug-likeness (QED) is 0.251. The molecule has 3 heterocycles. The molecular formula is C23H25N7O4. The minimum Gasteiger partial charge on any atom is -0.491 e. The molecule has 0 radical (unpaired) electrons. The number of aromatic nitrogens is 5. The lowest BCUT2D eigenvalue weighted by Gasteiger charge is -2.15. The van der Waals surface area contributed by atoms with Crippen molar-refractivity contribution < 1.29 is 9.84 Å². The smallest absolute Gasteiger partial charge is 0.329 e. The lowest BCUT2D eigenvalue weighted by molar-refractivity contribution is 0.0938. The van der Waals surface area contributed by atoms with E-state index in [1.165, 1.54) is 16.2 Å². The lowest BCUT2D eigenvalue weighted by atomic mass is 10.2. The molecule has 0 amide bonds. The van der Waals surface area contributed by atoms with Gasteiger partial charge < -0.3 is 14.4 Å². The summed E-state index contributed by atoms with van der Waals surface area (Å²) in [6.07, 6.45) is 4.74. The zero-order valence-electron chi connectivity index (χ0n) is 18.8. The molecular weight excluding hydrogens is 438 g/mol. The summed E-state index contributed by atoms with van der Waals surface area (Å²) in [7, 11) is 1.50. The summed E-state index contributed by atoms with van der Waals surface area (Å²) in [4.78, 5) is 35.2. The predicted molar refractivity (Wildman–Crippen MR) is 128 cm³/mol. The highest BCUT2D eigenvalue weighted by molar-refractivity contribution is 5.80. The van der Waals surface area contributed by atoms with E-state index in [2.05, 4.69) is 32.4 Å². The van der Waals surface area contributed by atoms with Gasteiger partial charge >= 0.3 is 5.69 Å². The average molecular weight is 463 g/mol. The van der Waals surface area contributed by atoms with Gasteiger partial charge in [-0.25, -0.2) is 10.2 Å². The summed E-state index contributed by atoms with van der Waals surface area (Å²) < 4.78 is 8.45. The zero-order valence-corrected chi connectivity index (χ0v) is 18.8. The number of rotatable bonds is 9. The Balaban J connectivity index is 1.60. The van der Waals surface area contributed by atoms with E-state index in [9.17, 15) is 14.7 Å². The Kier molecular flexibility index (Phi) is 6.83. The van der Waals surface area contributed by atoms with Gasteiger partial charge in [0.1, 0.15) is 18.5 Å². The minimum absolute atomic E-state index is 0.00374. The normalized spacial score (nSPS) is 12.3. The molecule has 1 atom stereocenters. The predicted octanol–water partition coefficient (Wildman–Crippen LogP) is 1.27. The van der Waals surface area contributed by atoms with E-state index < -0.39 is 17.4 Å².